The van der Waals surface area contributed by atoms with Gasteiger partial charge in [-0.05, 0) is 85.0 Å². The minimum Gasteiger partial charge on any atom is -0.497 e. The van der Waals surface area contributed by atoms with Gasteiger partial charge >= 0.3 is 0 Å². The predicted molar refractivity (Wildman–Crippen MR) is 86.8 cm³/mol. The summed E-state index contributed by atoms with van der Waals surface area (Å²) >= 11 is 0. The number of ether oxygens (including phenoxy) is 1. The third-order valence-electron chi connectivity index (χ3n) is 6.89. The monoisotopic (exact) mass is 282 g/mol. The topological polar surface area (TPSA) is 9.23 Å². The summed E-state index contributed by atoms with van der Waals surface area (Å²) in [5.41, 5.74) is 5.12. The summed E-state index contributed by atoms with van der Waals surface area (Å²) < 4.78 is 5.40. The zero-order chi connectivity index (χ0) is 14.6. The molecule has 0 aliphatic heterocycles. The van der Waals surface area contributed by atoms with Crippen molar-refractivity contribution >= 4 is 0 Å². The molecule has 1 aromatic rings. The molecule has 2 fully saturated rings. The van der Waals surface area contributed by atoms with Crippen molar-refractivity contribution < 1.29 is 4.74 Å². The van der Waals surface area contributed by atoms with E-state index in [-0.39, 0.29) is 0 Å². The molecule has 1 nitrogen and oxygen atoms in total. The van der Waals surface area contributed by atoms with Crippen molar-refractivity contribution in [2.24, 2.45) is 17.3 Å². The Morgan fingerprint density at radius 1 is 1.19 bits per heavy atom. The van der Waals surface area contributed by atoms with Crippen LogP contribution in [0.3, 0.4) is 0 Å². The fourth-order valence-corrected chi connectivity index (χ4v) is 5.59. The Hall–Kier alpha value is -1.24. The average molecular weight is 282 g/mol. The number of hydrogen-bond acceptors (Lipinski definition) is 1. The summed E-state index contributed by atoms with van der Waals surface area (Å²) in [5, 5.41) is 0. The second-order valence-corrected chi connectivity index (χ2v) is 7.58. The molecule has 2 saturated carbocycles. The van der Waals surface area contributed by atoms with Crippen molar-refractivity contribution in [1.29, 1.82) is 0 Å². The van der Waals surface area contributed by atoms with Crippen LogP contribution in [0.4, 0.5) is 0 Å². The molecule has 21 heavy (non-hydrogen) atoms. The number of fused-ring (bicyclic) bond motifs is 5. The molecule has 0 radical (unpaired) electrons. The van der Waals surface area contributed by atoms with Crippen LogP contribution >= 0.6 is 0 Å². The molecule has 4 atom stereocenters. The summed E-state index contributed by atoms with van der Waals surface area (Å²) in [6.07, 6.45) is 7.91. The van der Waals surface area contributed by atoms with E-state index >= 15 is 0 Å². The lowest BCUT2D eigenvalue weighted by molar-refractivity contribution is 0.0816. The van der Waals surface area contributed by atoms with Gasteiger partial charge in [-0.1, -0.05) is 25.1 Å². The van der Waals surface area contributed by atoms with Gasteiger partial charge in [0.25, 0.3) is 0 Å². The van der Waals surface area contributed by atoms with E-state index < -0.39 is 0 Å². The highest BCUT2D eigenvalue weighted by molar-refractivity contribution is 5.41. The molecule has 4 rings (SSSR count). The van der Waals surface area contributed by atoms with E-state index in [1.54, 1.807) is 12.7 Å². The molecular weight excluding hydrogens is 256 g/mol. The first-order valence-corrected chi connectivity index (χ1v) is 8.48. The predicted octanol–water partition coefficient (Wildman–Crippen LogP) is 5.11. The van der Waals surface area contributed by atoms with Gasteiger partial charge in [0.1, 0.15) is 5.75 Å². The van der Waals surface area contributed by atoms with E-state index in [0.29, 0.717) is 5.41 Å². The van der Waals surface area contributed by atoms with Gasteiger partial charge in [0, 0.05) is 0 Å². The first-order valence-electron chi connectivity index (χ1n) is 8.48. The highest BCUT2D eigenvalue weighted by Gasteiger charge is 2.51. The third-order valence-corrected chi connectivity index (χ3v) is 6.89. The molecule has 4 unspecified atom stereocenters. The molecule has 0 saturated heterocycles. The SMILES string of the molecule is C=C1CCC2C3CCc4cc(OC)ccc4C3CCC12C. The highest BCUT2D eigenvalue weighted by atomic mass is 16.5. The summed E-state index contributed by atoms with van der Waals surface area (Å²) in [6.45, 7) is 6.89. The standard InChI is InChI=1S/C20H26O/c1-13-4-9-19-18-7-5-14-12-15(21-3)6-8-16(14)17(18)10-11-20(13,19)2/h6,8,12,17-19H,1,4-5,7,9-11H2,2-3H3. The van der Waals surface area contributed by atoms with Crippen LogP contribution in [0.2, 0.25) is 0 Å². The van der Waals surface area contributed by atoms with Crippen LogP contribution in [-0.4, -0.2) is 7.11 Å². The summed E-state index contributed by atoms with van der Waals surface area (Å²) in [5.74, 6) is 3.55. The fourth-order valence-electron chi connectivity index (χ4n) is 5.59. The third kappa shape index (κ3) is 1.82. The van der Waals surface area contributed by atoms with E-state index in [1.807, 2.05) is 0 Å². The first kappa shape index (κ1) is 13.4. The minimum absolute atomic E-state index is 0.436. The van der Waals surface area contributed by atoms with Gasteiger partial charge in [0.05, 0.1) is 7.11 Å². The van der Waals surface area contributed by atoms with Crippen LogP contribution in [0.1, 0.15) is 56.1 Å². The van der Waals surface area contributed by atoms with E-state index in [2.05, 4.69) is 31.7 Å². The maximum atomic E-state index is 5.40. The molecule has 1 heteroatoms. The molecule has 0 N–H and O–H groups in total. The number of aryl methyl sites for hydroxylation is 1. The van der Waals surface area contributed by atoms with Crippen molar-refractivity contribution in [2.45, 2.75) is 51.4 Å². The zero-order valence-corrected chi connectivity index (χ0v) is 13.3. The second-order valence-electron chi connectivity index (χ2n) is 7.58. The molecule has 0 spiro atoms. The lowest BCUT2D eigenvalue weighted by atomic mass is 9.55. The number of allylic oxidation sites excluding steroid dienone is 1. The van der Waals surface area contributed by atoms with Crippen molar-refractivity contribution in [3.8, 4) is 5.75 Å². The van der Waals surface area contributed by atoms with Gasteiger partial charge in [-0.2, -0.15) is 0 Å². The Kier molecular flexibility index (Phi) is 2.96. The maximum Gasteiger partial charge on any atom is 0.119 e. The number of benzene rings is 1. The van der Waals surface area contributed by atoms with Crippen molar-refractivity contribution in [3.05, 3.63) is 41.5 Å². The van der Waals surface area contributed by atoms with Gasteiger partial charge < -0.3 is 4.74 Å². The molecule has 0 bridgehead atoms. The van der Waals surface area contributed by atoms with Gasteiger partial charge in [0.2, 0.25) is 0 Å². The molecule has 1 aromatic carbocycles. The molecular formula is C20H26O. The smallest absolute Gasteiger partial charge is 0.119 e. The fraction of sp³-hybridized carbons (Fsp3) is 0.600. The zero-order valence-electron chi connectivity index (χ0n) is 13.3. The number of rotatable bonds is 1. The molecule has 112 valence electrons. The number of methoxy groups -OCH3 is 1. The van der Waals surface area contributed by atoms with Crippen LogP contribution in [-0.2, 0) is 6.42 Å². The Balaban J connectivity index is 1.70. The minimum atomic E-state index is 0.436. The van der Waals surface area contributed by atoms with Crippen molar-refractivity contribution in [2.75, 3.05) is 7.11 Å². The lowest BCUT2D eigenvalue weighted by Crippen LogP contribution is -2.40. The van der Waals surface area contributed by atoms with E-state index in [0.717, 1.165) is 23.5 Å². The molecule has 0 aromatic heterocycles. The maximum absolute atomic E-state index is 5.40. The van der Waals surface area contributed by atoms with Crippen LogP contribution in [0.15, 0.2) is 30.4 Å². The van der Waals surface area contributed by atoms with Crippen LogP contribution in [0.5, 0.6) is 5.75 Å². The normalized spacial score (nSPS) is 37.6. The van der Waals surface area contributed by atoms with E-state index in [9.17, 15) is 0 Å². The first-order chi connectivity index (χ1) is 10.1. The number of hydrogen-bond donors (Lipinski definition) is 0. The van der Waals surface area contributed by atoms with Gasteiger partial charge in [-0.25, -0.2) is 0 Å². The largest absolute Gasteiger partial charge is 0.497 e. The summed E-state index contributed by atoms with van der Waals surface area (Å²) in [7, 11) is 1.77. The highest BCUT2D eigenvalue weighted by Crippen LogP contribution is 2.62. The lowest BCUT2D eigenvalue weighted by Gasteiger charge is -2.49. The van der Waals surface area contributed by atoms with Crippen LogP contribution < -0.4 is 4.74 Å². The second kappa shape index (κ2) is 4.63. The molecule has 3 aliphatic carbocycles. The van der Waals surface area contributed by atoms with Gasteiger partial charge in [-0.15, -0.1) is 0 Å². The molecule has 0 amide bonds. The quantitative estimate of drug-likeness (QED) is 0.651. The molecule has 0 heterocycles. The van der Waals surface area contributed by atoms with E-state index in [1.165, 1.54) is 49.7 Å². The van der Waals surface area contributed by atoms with Crippen LogP contribution in [0, 0.1) is 17.3 Å². The Labute approximate surface area is 128 Å². The van der Waals surface area contributed by atoms with Gasteiger partial charge in [0.15, 0.2) is 0 Å². The Bertz CT molecular complexity index is 588. The van der Waals surface area contributed by atoms with E-state index in [4.69, 9.17) is 4.74 Å². The molecule has 3 aliphatic rings. The summed E-state index contributed by atoms with van der Waals surface area (Å²) in [4.78, 5) is 0. The average Bonchev–Trinajstić information content (AvgIpc) is 2.82. The Morgan fingerprint density at radius 3 is 2.86 bits per heavy atom. The van der Waals surface area contributed by atoms with Crippen molar-refractivity contribution in [3.63, 3.8) is 0 Å². The summed E-state index contributed by atoms with van der Waals surface area (Å²) in [6, 6.07) is 6.77. The van der Waals surface area contributed by atoms with Crippen molar-refractivity contribution in [1.82, 2.24) is 0 Å². The van der Waals surface area contributed by atoms with Crippen LogP contribution in [0.25, 0.3) is 0 Å². The van der Waals surface area contributed by atoms with Gasteiger partial charge in [-0.3, -0.25) is 0 Å². The Morgan fingerprint density at radius 2 is 2.05 bits per heavy atom.